The SMILES string of the molecule is Cn1c(-c2ccc(NC(=O)c3cccc(OC(F)F)c3)cc2)nc2ccccc21. The van der Waals surface area contributed by atoms with E-state index < -0.39 is 12.5 Å². The van der Waals surface area contributed by atoms with Gasteiger partial charge in [-0.1, -0.05) is 18.2 Å². The fourth-order valence-electron chi connectivity index (χ4n) is 3.12. The van der Waals surface area contributed by atoms with Crippen LogP contribution in [0.15, 0.2) is 72.8 Å². The summed E-state index contributed by atoms with van der Waals surface area (Å²) in [5.41, 5.74) is 3.66. The molecular formula is C22H17F2N3O2. The number of carbonyl (C=O) groups excluding carboxylic acids is 1. The predicted octanol–water partition coefficient (Wildman–Crippen LogP) is 5.09. The molecule has 4 rings (SSSR count). The van der Waals surface area contributed by atoms with Crippen LogP contribution >= 0.6 is 0 Å². The fraction of sp³-hybridized carbons (Fsp3) is 0.0909. The van der Waals surface area contributed by atoms with E-state index in [0.717, 1.165) is 22.4 Å². The van der Waals surface area contributed by atoms with Crippen molar-refractivity contribution in [1.29, 1.82) is 0 Å². The van der Waals surface area contributed by atoms with Crippen molar-refractivity contribution in [1.82, 2.24) is 9.55 Å². The van der Waals surface area contributed by atoms with Crippen molar-refractivity contribution < 1.29 is 18.3 Å². The molecule has 1 amide bonds. The smallest absolute Gasteiger partial charge is 0.387 e. The van der Waals surface area contributed by atoms with E-state index in [2.05, 4.69) is 15.0 Å². The highest BCUT2D eigenvalue weighted by Crippen LogP contribution is 2.25. The first kappa shape index (κ1) is 18.6. The largest absolute Gasteiger partial charge is 0.435 e. The molecule has 0 saturated heterocycles. The number of carbonyl (C=O) groups is 1. The van der Waals surface area contributed by atoms with Crippen molar-refractivity contribution in [3.05, 3.63) is 78.4 Å². The third-order valence-electron chi connectivity index (χ3n) is 4.51. The van der Waals surface area contributed by atoms with Gasteiger partial charge in [0.05, 0.1) is 11.0 Å². The quantitative estimate of drug-likeness (QED) is 0.514. The van der Waals surface area contributed by atoms with Gasteiger partial charge in [0.2, 0.25) is 0 Å². The number of alkyl halides is 2. The number of anilines is 1. The number of nitrogens with one attached hydrogen (secondary N) is 1. The molecule has 7 heteroatoms. The van der Waals surface area contributed by atoms with Gasteiger partial charge in [-0.2, -0.15) is 8.78 Å². The van der Waals surface area contributed by atoms with Gasteiger partial charge in [0.15, 0.2) is 0 Å². The first-order valence-corrected chi connectivity index (χ1v) is 8.89. The van der Waals surface area contributed by atoms with Gasteiger partial charge in [0.25, 0.3) is 5.91 Å². The van der Waals surface area contributed by atoms with Gasteiger partial charge in [-0.05, 0) is 54.6 Å². The van der Waals surface area contributed by atoms with Gasteiger partial charge >= 0.3 is 6.61 Å². The number of hydrogen-bond acceptors (Lipinski definition) is 3. The third kappa shape index (κ3) is 3.94. The van der Waals surface area contributed by atoms with E-state index in [1.54, 1.807) is 12.1 Å². The van der Waals surface area contributed by atoms with Crippen LogP contribution in [0.3, 0.4) is 0 Å². The Hall–Kier alpha value is -3.74. The molecule has 0 bridgehead atoms. The number of ether oxygens (including phenoxy) is 1. The number of halogens is 2. The van der Waals surface area contributed by atoms with Crippen molar-refractivity contribution >= 4 is 22.6 Å². The third-order valence-corrected chi connectivity index (χ3v) is 4.51. The molecule has 0 atom stereocenters. The number of nitrogens with zero attached hydrogens (tertiary/aromatic N) is 2. The van der Waals surface area contributed by atoms with E-state index in [1.165, 1.54) is 24.3 Å². The van der Waals surface area contributed by atoms with Crippen LogP contribution in [0.5, 0.6) is 5.75 Å². The van der Waals surface area contributed by atoms with Crippen LogP contribution < -0.4 is 10.1 Å². The summed E-state index contributed by atoms with van der Waals surface area (Å²) in [7, 11) is 1.95. The van der Waals surface area contributed by atoms with E-state index >= 15 is 0 Å². The minimum Gasteiger partial charge on any atom is -0.435 e. The standard InChI is InChI=1S/C22H17F2N3O2/c1-27-19-8-3-2-7-18(19)26-20(27)14-9-11-16(12-10-14)25-21(28)15-5-4-6-17(13-15)29-22(23)24/h2-13,22H,1H3,(H,25,28). The summed E-state index contributed by atoms with van der Waals surface area (Å²) >= 11 is 0. The molecule has 3 aromatic carbocycles. The Morgan fingerprint density at radius 3 is 2.52 bits per heavy atom. The molecule has 0 aliphatic heterocycles. The van der Waals surface area contributed by atoms with Crippen molar-refractivity contribution in [2.24, 2.45) is 7.05 Å². The summed E-state index contributed by atoms with van der Waals surface area (Å²) in [6.45, 7) is -2.94. The molecule has 0 unspecified atom stereocenters. The van der Waals surface area contributed by atoms with Crippen LogP contribution in [0, 0.1) is 0 Å². The highest BCUT2D eigenvalue weighted by Gasteiger charge is 2.12. The number of fused-ring (bicyclic) bond motifs is 1. The summed E-state index contributed by atoms with van der Waals surface area (Å²) in [6.07, 6.45) is 0. The molecule has 1 N–H and O–H groups in total. The van der Waals surface area contributed by atoms with Crippen LogP contribution in [0.25, 0.3) is 22.4 Å². The van der Waals surface area contributed by atoms with E-state index in [0.29, 0.717) is 5.69 Å². The molecule has 0 aliphatic carbocycles. The maximum atomic E-state index is 12.4. The first-order chi connectivity index (χ1) is 14.0. The van der Waals surface area contributed by atoms with E-state index in [4.69, 9.17) is 0 Å². The zero-order valence-electron chi connectivity index (χ0n) is 15.5. The van der Waals surface area contributed by atoms with Crippen molar-refractivity contribution in [3.8, 4) is 17.1 Å². The molecule has 0 spiro atoms. The molecule has 0 radical (unpaired) electrons. The minimum absolute atomic E-state index is 0.0650. The second kappa shape index (κ2) is 7.71. The average Bonchev–Trinajstić information content (AvgIpc) is 3.05. The number of para-hydroxylation sites is 2. The minimum atomic E-state index is -2.94. The zero-order chi connectivity index (χ0) is 20.4. The van der Waals surface area contributed by atoms with E-state index in [9.17, 15) is 13.6 Å². The van der Waals surface area contributed by atoms with Crippen molar-refractivity contribution in [2.45, 2.75) is 6.61 Å². The maximum absolute atomic E-state index is 12.4. The van der Waals surface area contributed by atoms with Gasteiger partial charge < -0.3 is 14.6 Å². The summed E-state index contributed by atoms with van der Waals surface area (Å²) in [5.74, 6) is 0.339. The molecule has 29 heavy (non-hydrogen) atoms. The Bertz CT molecular complexity index is 1170. The number of imidazole rings is 1. The van der Waals surface area contributed by atoms with Gasteiger partial charge in [0.1, 0.15) is 11.6 Å². The topological polar surface area (TPSA) is 56.2 Å². The molecule has 4 aromatic rings. The number of aromatic nitrogens is 2. The highest BCUT2D eigenvalue weighted by atomic mass is 19.3. The van der Waals surface area contributed by atoms with Crippen LogP contribution in [-0.2, 0) is 7.05 Å². The summed E-state index contributed by atoms with van der Waals surface area (Å²) < 4.78 is 31.0. The second-order valence-corrected chi connectivity index (χ2v) is 6.42. The highest BCUT2D eigenvalue weighted by molar-refractivity contribution is 6.04. The summed E-state index contributed by atoms with van der Waals surface area (Å²) in [6, 6.07) is 20.8. The number of amides is 1. The fourth-order valence-corrected chi connectivity index (χ4v) is 3.12. The monoisotopic (exact) mass is 393 g/mol. The molecule has 1 aromatic heterocycles. The van der Waals surface area contributed by atoms with Gasteiger partial charge in [-0.15, -0.1) is 0 Å². The molecule has 0 aliphatic rings. The number of hydrogen-bond donors (Lipinski definition) is 1. The van der Waals surface area contributed by atoms with Gasteiger partial charge in [0, 0.05) is 23.9 Å². The van der Waals surface area contributed by atoms with E-state index in [1.807, 2.05) is 48.0 Å². The lowest BCUT2D eigenvalue weighted by atomic mass is 10.1. The lowest BCUT2D eigenvalue weighted by molar-refractivity contribution is -0.0498. The molecular weight excluding hydrogens is 376 g/mol. The Morgan fingerprint density at radius 1 is 1.03 bits per heavy atom. The molecule has 0 fully saturated rings. The predicted molar refractivity (Wildman–Crippen MR) is 107 cm³/mol. The molecule has 1 heterocycles. The zero-order valence-corrected chi connectivity index (χ0v) is 15.5. The van der Waals surface area contributed by atoms with Crippen molar-refractivity contribution in [3.63, 3.8) is 0 Å². The Balaban J connectivity index is 1.52. The Morgan fingerprint density at radius 2 is 1.79 bits per heavy atom. The first-order valence-electron chi connectivity index (χ1n) is 8.89. The maximum Gasteiger partial charge on any atom is 0.387 e. The normalized spacial score (nSPS) is 11.0. The lowest BCUT2D eigenvalue weighted by Crippen LogP contribution is -2.12. The van der Waals surface area contributed by atoms with Crippen molar-refractivity contribution in [2.75, 3.05) is 5.32 Å². The van der Waals surface area contributed by atoms with E-state index in [-0.39, 0.29) is 11.3 Å². The average molecular weight is 393 g/mol. The van der Waals surface area contributed by atoms with Crippen LogP contribution in [0.4, 0.5) is 14.5 Å². The second-order valence-electron chi connectivity index (χ2n) is 6.42. The van der Waals surface area contributed by atoms with Crippen LogP contribution in [-0.4, -0.2) is 22.1 Å². The number of rotatable bonds is 5. The number of aryl methyl sites for hydroxylation is 1. The summed E-state index contributed by atoms with van der Waals surface area (Å²) in [5, 5.41) is 2.75. The van der Waals surface area contributed by atoms with Crippen LogP contribution in [0.2, 0.25) is 0 Å². The Labute approximate surface area is 165 Å². The molecule has 146 valence electrons. The molecule has 5 nitrogen and oxygen atoms in total. The summed E-state index contributed by atoms with van der Waals surface area (Å²) in [4.78, 5) is 17.1. The molecule has 0 saturated carbocycles. The van der Waals surface area contributed by atoms with Crippen LogP contribution in [0.1, 0.15) is 10.4 Å². The van der Waals surface area contributed by atoms with Gasteiger partial charge in [-0.3, -0.25) is 4.79 Å². The lowest BCUT2D eigenvalue weighted by Gasteiger charge is -2.09. The number of benzene rings is 3. The Kier molecular flexibility index (Phi) is 4.95. The van der Waals surface area contributed by atoms with Gasteiger partial charge in [-0.25, -0.2) is 4.98 Å².